The highest BCUT2D eigenvalue weighted by Crippen LogP contribution is 2.41. The van der Waals surface area contributed by atoms with Crippen LogP contribution >= 0.6 is 11.8 Å². The molecular weight excluding hydrogens is 364 g/mol. The lowest BCUT2D eigenvalue weighted by molar-refractivity contribution is 0.0596. The van der Waals surface area contributed by atoms with Gasteiger partial charge >= 0.3 is 5.97 Å². The number of ketones is 1. The number of hydrogen-bond donors (Lipinski definition) is 1. The Labute approximate surface area is 162 Å². The number of para-hydroxylation sites is 1. The van der Waals surface area contributed by atoms with E-state index in [1.54, 1.807) is 6.07 Å². The van der Waals surface area contributed by atoms with Gasteiger partial charge in [-0.25, -0.2) is 4.79 Å². The first kappa shape index (κ1) is 19.3. The molecule has 0 aliphatic carbocycles. The summed E-state index contributed by atoms with van der Waals surface area (Å²) in [6, 6.07) is 10.2. The molecular formula is C21H22O5S. The molecule has 0 spiro atoms. The Kier molecular flexibility index (Phi) is 5.46. The number of ether oxygens (including phenoxy) is 2. The van der Waals surface area contributed by atoms with Gasteiger partial charge in [-0.15, -0.1) is 11.8 Å². The topological polar surface area (TPSA) is 72.8 Å². The Balaban J connectivity index is 1.77. The SMILES string of the molecule is COC(=O)c1cccc(OCC(=O)c2ccc3c(c2)C(C)(C)CCS3)c1O. The third-order valence-corrected chi connectivity index (χ3v) is 5.85. The summed E-state index contributed by atoms with van der Waals surface area (Å²) in [6.45, 7) is 4.14. The van der Waals surface area contributed by atoms with Crippen molar-refractivity contribution in [3.63, 3.8) is 0 Å². The van der Waals surface area contributed by atoms with Gasteiger partial charge in [-0.1, -0.05) is 26.0 Å². The summed E-state index contributed by atoms with van der Waals surface area (Å²) in [7, 11) is 1.23. The minimum absolute atomic E-state index is 0.00463. The molecule has 0 saturated heterocycles. The Hall–Kier alpha value is -2.47. The van der Waals surface area contributed by atoms with Gasteiger partial charge in [0.2, 0.25) is 0 Å². The van der Waals surface area contributed by atoms with Gasteiger partial charge in [0, 0.05) is 10.5 Å². The molecule has 5 nitrogen and oxygen atoms in total. The zero-order valence-corrected chi connectivity index (χ0v) is 16.4. The largest absolute Gasteiger partial charge is 0.504 e. The predicted molar refractivity (Wildman–Crippen MR) is 104 cm³/mol. The van der Waals surface area contributed by atoms with Crippen molar-refractivity contribution in [3.8, 4) is 11.5 Å². The molecule has 0 saturated carbocycles. The summed E-state index contributed by atoms with van der Waals surface area (Å²) in [5.41, 5.74) is 1.79. The van der Waals surface area contributed by atoms with Crippen molar-refractivity contribution in [1.29, 1.82) is 0 Å². The first-order valence-electron chi connectivity index (χ1n) is 8.67. The van der Waals surface area contributed by atoms with E-state index in [0.717, 1.165) is 12.2 Å². The molecule has 1 heterocycles. The monoisotopic (exact) mass is 386 g/mol. The molecule has 0 atom stereocenters. The number of phenolic OH excluding ortho intramolecular Hbond substituents is 1. The van der Waals surface area contributed by atoms with Crippen LogP contribution in [0, 0.1) is 0 Å². The van der Waals surface area contributed by atoms with Crippen LogP contribution in [0.4, 0.5) is 0 Å². The highest BCUT2D eigenvalue weighted by molar-refractivity contribution is 7.99. The van der Waals surface area contributed by atoms with Crippen LogP contribution in [-0.2, 0) is 10.2 Å². The number of methoxy groups -OCH3 is 1. The Morgan fingerprint density at radius 1 is 1.22 bits per heavy atom. The van der Waals surface area contributed by atoms with Gasteiger partial charge in [0.05, 0.1) is 7.11 Å². The molecule has 142 valence electrons. The molecule has 2 aromatic carbocycles. The maximum atomic E-state index is 12.6. The Morgan fingerprint density at radius 3 is 2.74 bits per heavy atom. The van der Waals surface area contributed by atoms with Crippen molar-refractivity contribution in [2.45, 2.75) is 30.6 Å². The molecule has 0 fully saturated rings. The van der Waals surface area contributed by atoms with Crippen LogP contribution in [0.3, 0.4) is 0 Å². The summed E-state index contributed by atoms with van der Waals surface area (Å²) in [5.74, 6) is -0.0439. The fourth-order valence-corrected chi connectivity index (χ4v) is 4.54. The number of aromatic hydroxyl groups is 1. The molecule has 0 radical (unpaired) electrons. The average Bonchev–Trinajstić information content (AvgIpc) is 2.66. The van der Waals surface area contributed by atoms with Crippen LogP contribution in [0.25, 0.3) is 0 Å². The molecule has 0 aromatic heterocycles. The lowest BCUT2D eigenvalue weighted by Crippen LogP contribution is -2.23. The molecule has 1 N–H and O–H groups in total. The highest BCUT2D eigenvalue weighted by Gasteiger charge is 2.28. The maximum absolute atomic E-state index is 12.6. The smallest absolute Gasteiger partial charge is 0.341 e. The number of fused-ring (bicyclic) bond motifs is 1. The van der Waals surface area contributed by atoms with Gasteiger partial charge in [0.1, 0.15) is 5.56 Å². The minimum atomic E-state index is -0.668. The minimum Gasteiger partial charge on any atom is -0.504 e. The van der Waals surface area contributed by atoms with Crippen LogP contribution in [-0.4, -0.2) is 36.3 Å². The van der Waals surface area contributed by atoms with Crippen molar-refractivity contribution in [2.75, 3.05) is 19.5 Å². The molecule has 0 amide bonds. The maximum Gasteiger partial charge on any atom is 0.341 e. The van der Waals surface area contributed by atoms with E-state index >= 15 is 0 Å². The lowest BCUT2D eigenvalue weighted by atomic mass is 9.81. The fourth-order valence-electron chi connectivity index (χ4n) is 3.05. The van der Waals surface area contributed by atoms with Gasteiger partial charge in [-0.05, 0) is 47.4 Å². The highest BCUT2D eigenvalue weighted by atomic mass is 32.2. The second kappa shape index (κ2) is 7.64. The second-order valence-electron chi connectivity index (χ2n) is 7.05. The fraction of sp³-hybridized carbons (Fsp3) is 0.333. The van der Waals surface area contributed by atoms with Crippen molar-refractivity contribution in [2.24, 2.45) is 0 Å². The molecule has 1 aliphatic heterocycles. The summed E-state index contributed by atoms with van der Waals surface area (Å²) < 4.78 is 10.1. The molecule has 2 aromatic rings. The summed E-state index contributed by atoms with van der Waals surface area (Å²) in [6.07, 6.45) is 1.06. The molecule has 6 heteroatoms. The van der Waals surface area contributed by atoms with E-state index in [-0.39, 0.29) is 34.9 Å². The number of thioether (sulfide) groups is 1. The number of esters is 1. The van der Waals surface area contributed by atoms with Gasteiger partial charge in [-0.3, -0.25) is 4.79 Å². The lowest BCUT2D eigenvalue weighted by Gasteiger charge is -2.32. The van der Waals surface area contributed by atoms with Crippen LogP contribution in [0.15, 0.2) is 41.3 Å². The van der Waals surface area contributed by atoms with Crippen molar-refractivity contribution in [1.82, 2.24) is 0 Å². The summed E-state index contributed by atoms with van der Waals surface area (Å²) in [4.78, 5) is 25.4. The standard InChI is InChI=1S/C21H22O5S/c1-21(2)9-10-27-18-8-7-13(11-15(18)21)16(22)12-26-17-6-4-5-14(19(17)23)20(24)25-3/h4-8,11,23H,9-10,12H2,1-3H3. The van der Waals surface area contributed by atoms with E-state index < -0.39 is 5.97 Å². The summed E-state index contributed by atoms with van der Waals surface area (Å²) >= 11 is 1.81. The number of benzene rings is 2. The van der Waals surface area contributed by atoms with E-state index in [4.69, 9.17) is 4.74 Å². The quantitative estimate of drug-likeness (QED) is 0.613. The van der Waals surface area contributed by atoms with E-state index in [1.807, 2.05) is 30.0 Å². The Bertz CT molecular complexity index is 888. The number of Topliss-reactive ketones (excluding diaryl/α,β-unsaturated/α-hetero) is 1. The first-order chi connectivity index (χ1) is 12.8. The van der Waals surface area contributed by atoms with E-state index in [9.17, 15) is 14.7 Å². The number of phenols is 1. The van der Waals surface area contributed by atoms with E-state index in [0.29, 0.717) is 5.56 Å². The van der Waals surface area contributed by atoms with Crippen LogP contribution in [0.5, 0.6) is 11.5 Å². The van der Waals surface area contributed by atoms with Crippen LogP contribution in [0.1, 0.15) is 46.5 Å². The van der Waals surface area contributed by atoms with Crippen LogP contribution < -0.4 is 4.74 Å². The molecule has 3 rings (SSSR count). The molecule has 1 aliphatic rings. The van der Waals surface area contributed by atoms with Gasteiger partial charge < -0.3 is 14.6 Å². The molecule has 0 unspecified atom stereocenters. The van der Waals surface area contributed by atoms with E-state index in [2.05, 4.69) is 18.6 Å². The van der Waals surface area contributed by atoms with Gasteiger partial charge in [0.15, 0.2) is 23.9 Å². The number of hydrogen-bond acceptors (Lipinski definition) is 6. The molecule has 27 heavy (non-hydrogen) atoms. The third kappa shape index (κ3) is 3.95. The number of carbonyl (C=O) groups is 2. The normalized spacial score (nSPS) is 14.9. The number of carbonyl (C=O) groups excluding carboxylic acids is 2. The van der Waals surface area contributed by atoms with Crippen LogP contribution in [0.2, 0.25) is 0 Å². The Morgan fingerprint density at radius 2 is 2.00 bits per heavy atom. The third-order valence-electron chi connectivity index (χ3n) is 4.78. The van der Waals surface area contributed by atoms with Crippen molar-refractivity contribution < 1.29 is 24.2 Å². The van der Waals surface area contributed by atoms with E-state index in [1.165, 1.54) is 29.7 Å². The first-order valence-corrected chi connectivity index (χ1v) is 9.65. The van der Waals surface area contributed by atoms with Crippen molar-refractivity contribution in [3.05, 3.63) is 53.1 Å². The average molecular weight is 386 g/mol. The zero-order chi connectivity index (χ0) is 19.6. The van der Waals surface area contributed by atoms with Crippen molar-refractivity contribution >= 4 is 23.5 Å². The van der Waals surface area contributed by atoms with Gasteiger partial charge in [-0.2, -0.15) is 0 Å². The molecule has 0 bridgehead atoms. The second-order valence-corrected chi connectivity index (χ2v) is 8.19. The summed E-state index contributed by atoms with van der Waals surface area (Å²) in [5, 5.41) is 10.2. The number of rotatable bonds is 5. The zero-order valence-electron chi connectivity index (χ0n) is 15.6. The van der Waals surface area contributed by atoms with Gasteiger partial charge in [0.25, 0.3) is 0 Å². The predicted octanol–water partition coefficient (Wildman–Crippen LogP) is 4.21.